The first-order valence-electron chi connectivity index (χ1n) is 7.50. The number of rotatable bonds is 4. The number of carbonyl (C=O) groups excluding carboxylic acids is 2. The third-order valence-electron chi connectivity index (χ3n) is 3.43. The monoisotopic (exact) mass is 395 g/mol. The molecule has 2 aromatic carbocycles. The predicted molar refractivity (Wildman–Crippen MR) is 101 cm³/mol. The first kappa shape index (κ1) is 16.9. The first-order chi connectivity index (χ1) is 12.1. The van der Waals surface area contributed by atoms with Crippen LogP contribution in [-0.4, -0.2) is 16.8 Å². The predicted octanol–water partition coefficient (Wildman–Crippen LogP) is 4.35. The van der Waals surface area contributed by atoms with E-state index in [2.05, 4.69) is 31.5 Å². The van der Waals surface area contributed by atoms with Crippen LogP contribution in [0.2, 0.25) is 0 Å². The number of aromatic nitrogens is 1. The number of hydrogen-bond donors (Lipinski definition) is 2. The smallest absolute Gasteiger partial charge is 0.257 e. The van der Waals surface area contributed by atoms with Crippen molar-refractivity contribution in [3.8, 4) is 0 Å². The van der Waals surface area contributed by atoms with Gasteiger partial charge in [-0.15, -0.1) is 0 Å². The number of nitrogens with one attached hydrogen (secondary N) is 2. The third-order valence-corrected chi connectivity index (χ3v) is 3.96. The van der Waals surface area contributed by atoms with Gasteiger partial charge in [0.25, 0.3) is 11.8 Å². The van der Waals surface area contributed by atoms with E-state index >= 15 is 0 Å². The summed E-state index contributed by atoms with van der Waals surface area (Å²) in [6, 6.07) is 17.4. The van der Waals surface area contributed by atoms with E-state index in [1.165, 1.54) is 6.20 Å². The lowest BCUT2D eigenvalue weighted by Crippen LogP contribution is -2.13. The molecule has 0 saturated carbocycles. The average molecular weight is 396 g/mol. The number of carbonyl (C=O) groups is 2. The van der Waals surface area contributed by atoms with Crippen molar-refractivity contribution in [1.29, 1.82) is 0 Å². The van der Waals surface area contributed by atoms with Crippen LogP contribution >= 0.6 is 15.9 Å². The molecule has 25 heavy (non-hydrogen) atoms. The Bertz CT molecular complexity index is 879. The van der Waals surface area contributed by atoms with Gasteiger partial charge >= 0.3 is 0 Å². The summed E-state index contributed by atoms with van der Waals surface area (Å²) in [6.07, 6.45) is 3.11. The number of benzene rings is 2. The molecule has 0 aliphatic rings. The summed E-state index contributed by atoms with van der Waals surface area (Å²) < 4.78 is 0.915. The summed E-state index contributed by atoms with van der Waals surface area (Å²) in [5.41, 5.74) is 2.33. The molecule has 0 unspecified atom stereocenters. The molecule has 2 amide bonds. The summed E-state index contributed by atoms with van der Waals surface area (Å²) in [6.45, 7) is 0. The number of pyridine rings is 1. The van der Waals surface area contributed by atoms with E-state index in [1.807, 2.05) is 12.1 Å². The normalized spacial score (nSPS) is 10.1. The number of nitrogens with zero attached hydrogens (tertiary/aromatic N) is 1. The van der Waals surface area contributed by atoms with Gasteiger partial charge in [-0.25, -0.2) is 0 Å². The Kier molecular flexibility index (Phi) is 5.20. The lowest BCUT2D eigenvalue weighted by molar-refractivity contribution is 0.101. The van der Waals surface area contributed by atoms with Gasteiger partial charge < -0.3 is 10.6 Å². The minimum absolute atomic E-state index is 0.195. The van der Waals surface area contributed by atoms with Crippen LogP contribution in [0.15, 0.2) is 77.5 Å². The molecule has 5 nitrogen and oxygen atoms in total. The van der Waals surface area contributed by atoms with E-state index in [4.69, 9.17) is 0 Å². The highest BCUT2D eigenvalue weighted by atomic mass is 79.9. The van der Waals surface area contributed by atoms with Gasteiger partial charge in [0.1, 0.15) is 0 Å². The highest BCUT2D eigenvalue weighted by Gasteiger charge is 2.08. The molecule has 124 valence electrons. The zero-order valence-electron chi connectivity index (χ0n) is 13.1. The van der Waals surface area contributed by atoms with Crippen LogP contribution in [0.1, 0.15) is 20.7 Å². The van der Waals surface area contributed by atoms with E-state index in [0.717, 1.165) is 4.47 Å². The van der Waals surface area contributed by atoms with Crippen LogP contribution < -0.4 is 10.6 Å². The largest absolute Gasteiger partial charge is 0.322 e. The van der Waals surface area contributed by atoms with E-state index in [1.54, 1.807) is 54.7 Å². The van der Waals surface area contributed by atoms with Crippen LogP contribution in [0.4, 0.5) is 11.4 Å². The van der Waals surface area contributed by atoms with Crippen molar-refractivity contribution in [2.24, 2.45) is 0 Å². The Morgan fingerprint density at radius 3 is 1.84 bits per heavy atom. The van der Waals surface area contributed by atoms with Crippen molar-refractivity contribution in [3.63, 3.8) is 0 Å². The van der Waals surface area contributed by atoms with Gasteiger partial charge in [-0.05, 0) is 60.7 Å². The molecule has 0 aliphatic carbocycles. The average Bonchev–Trinajstić information content (AvgIpc) is 2.64. The number of anilines is 2. The van der Waals surface area contributed by atoms with Crippen molar-refractivity contribution >= 4 is 39.1 Å². The molecule has 3 aromatic rings. The van der Waals surface area contributed by atoms with Gasteiger partial charge in [-0.1, -0.05) is 15.9 Å². The fourth-order valence-electron chi connectivity index (χ4n) is 2.14. The fourth-order valence-corrected chi connectivity index (χ4v) is 2.41. The molecule has 6 heteroatoms. The highest BCUT2D eigenvalue weighted by Crippen LogP contribution is 2.16. The highest BCUT2D eigenvalue weighted by molar-refractivity contribution is 9.10. The molecule has 0 aliphatic heterocycles. The molecule has 1 aromatic heterocycles. The molecular formula is C19H14BrN3O2. The third kappa shape index (κ3) is 4.51. The van der Waals surface area contributed by atoms with Gasteiger partial charge in [-0.2, -0.15) is 0 Å². The summed E-state index contributed by atoms with van der Waals surface area (Å²) in [4.78, 5) is 28.2. The van der Waals surface area contributed by atoms with Gasteiger partial charge in [-0.3, -0.25) is 14.6 Å². The SMILES string of the molecule is O=C(Nc1ccc(NC(=O)c2cccnc2)cc1)c1ccc(Br)cc1. The quantitative estimate of drug-likeness (QED) is 0.689. The zero-order chi connectivity index (χ0) is 17.6. The molecule has 0 radical (unpaired) electrons. The summed E-state index contributed by atoms with van der Waals surface area (Å²) in [5, 5.41) is 5.59. The Morgan fingerprint density at radius 1 is 0.760 bits per heavy atom. The molecule has 2 N–H and O–H groups in total. The van der Waals surface area contributed by atoms with Gasteiger partial charge in [0.05, 0.1) is 5.56 Å². The maximum absolute atomic E-state index is 12.2. The fraction of sp³-hybridized carbons (Fsp3) is 0. The maximum atomic E-state index is 12.2. The van der Waals surface area contributed by atoms with E-state index in [9.17, 15) is 9.59 Å². The minimum atomic E-state index is -0.236. The van der Waals surface area contributed by atoms with Gasteiger partial charge in [0.15, 0.2) is 0 Å². The van der Waals surface area contributed by atoms with E-state index in [0.29, 0.717) is 22.5 Å². The second-order valence-electron chi connectivity index (χ2n) is 5.23. The summed E-state index contributed by atoms with van der Waals surface area (Å²) in [5.74, 6) is -0.431. The molecule has 0 fully saturated rings. The molecule has 1 heterocycles. The zero-order valence-corrected chi connectivity index (χ0v) is 14.7. The second kappa shape index (κ2) is 7.72. The summed E-state index contributed by atoms with van der Waals surface area (Å²) in [7, 11) is 0. The number of amides is 2. The molecule has 0 spiro atoms. The topological polar surface area (TPSA) is 71.1 Å². The number of hydrogen-bond acceptors (Lipinski definition) is 3. The Hall–Kier alpha value is -2.99. The molecule has 0 saturated heterocycles. The van der Waals surface area contributed by atoms with Crippen LogP contribution in [0.25, 0.3) is 0 Å². The Balaban J connectivity index is 1.63. The van der Waals surface area contributed by atoms with Crippen molar-refractivity contribution in [3.05, 3.63) is 88.7 Å². The lowest BCUT2D eigenvalue weighted by atomic mass is 10.2. The molecular weight excluding hydrogens is 382 g/mol. The van der Waals surface area contributed by atoms with Crippen molar-refractivity contribution < 1.29 is 9.59 Å². The van der Waals surface area contributed by atoms with Crippen molar-refractivity contribution in [2.75, 3.05) is 10.6 Å². The van der Waals surface area contributed by atoms with Crippen molar-refractivity contribution in [2.45, 2.75) is 0 Å². The van der Waals surface area contributed by atoms with E-state index < -0.39 is 0 Å². The van der Waals surface area contributed by atoms with E-state index in [-0.39, 0.29) is 11.8 Å². The second-order valence-corrected chi connectivity index (χ2v) is 6.15. The minimum Gasteiger partial charge on any atom is -0.322 e. The number of halogens is 1. The Labute approximate surface area is 153 Å². The van der Waals surface area contributed by atoms with Gasteiger partial charge in [0.2, 0.25) is 0 Å². The summed E-state index contributed by atoms with van der Waals surface area (Å²) >= 11 is 3.34. The van der Waals surface area contributed by atoms with Crippen LogP contribution in [0, 0.1) is 0 Å². The lowest BCUT2D eigenvalue weighted by Gasteiger charge is -2.08. The Morgan fingerprint density at radius 2 is 1.32 bits per heavy atom. The molecule has 3 rings (SSSR count). The van der Waals surface area contributed by atoms with Crippen LogP contribution in [-0.2, 0) is 0 Å². The maximum Gasteiger partial charge on any atom is 0.257 e. The molecule has 0 bridgehead atoms. The van der Waals surface area contributed by atoms with Gasteiger partial charge in [0, 0.05) is 33.8 Å². The van der Waals surface area contributed by atoms with Crippen LogP contribution in [0.3, 0.4) is 0 Å². The van der Waals surface area contributed by atoms with Crippen LogP contribution in [0.5, 0.6) is 0 Å². The first-order valence-corrected chi connectivity index (χ1v) is 8.29. The van der Waals surface area contributed by atoms with Crippen molar-refractivity contribution in [1.82, 2.24) is 4.98 Å². The standard InChI is InChI=1S/C19H14BrN3O2/c20-15-5-3-13(4-6-15)18(24)22-16-7-9-17(10-8-16)23-19(25)14-2-1-11-21-12-14/h1-12H,(H,22,24)(H,23,25). The molecule has 0 atom stereocenters.